The Balaban J connectivity index is 2.28. The average molecular weight is 276 g/mol. The van der Waals surface area contributed by atoms with Crippen LogP contribution in [0.2, 0.25) is 0 Å². The lowest BCUT2D eigenvalue weighted by atomic mass is 10.0. The molecular formula is C16H28N4. The van der Waals surface area contributed by atoms with Gasteiger partial charge in [-0.05, 0) is 38.0 Å². The van der Waals surface area contributed by atoms with Crippen molar-refractivity contribution in [3.63, 3.8) is 0 Å². The van der Waals surface area contributed by atoms with Gasteiger partial charge in [-0.25, -0.2) is 9.97 Å². The monoisotopic (exact) mass is 276 g/mol. The van der Waals surface area contributed by atoms with Crippen LogP contribution < -0.4 is 10.2 Å². The van der Waals surface area contributed by atoms with E-state index >= 15 is 0 Å². The Labute approximate surface area is 123 Å². The minimum atomic E-state index is 0.429. The second kappa shape index (κ2) is 6.91. The molecule has 1 heterocycles. The smallest absolute Gasteiger partial charge is 0.137 e. The first-order valence-electron chi connectivity index (χ1n) is 8.01. The first kappa shape index (κ1) is 15.1. The Morgan fingerprint density at radius 1 is 1.30 bits per heavy atom. The summed E-state index contributed by atoms with van der Waals surface area (Å²) in [6.45, 7) is 12.0. The summed E-state index contributed by atoms with van der Waals surface area (Å²) < 4.78 is 0. The molecule has 0 atom stereocenters. The Morgan fingerprint density at radius 2 is 2.05 bits per heavy atom. The summed E-state index contributed by atoms with van der Waals surface area (Å²) in [6.07, 6.45) is 5.56. The van der Waals surface area contributed by atoms with Crippen molar-refractivity contribution in [2.45, 2.75) is 52.9 Å². The van der Waals surface area contributed by atoms with Crippen molar-refractivity contribution in [3.8, 4) is 0 Å². The summed E-state index contributed by atoms with van der Waals surface area (Å²) in [5, 5.41) is 3.45. The molecule has 1 saturated carbocycles. The van der Waals surface area contributed by atoms with Crippen LogP contribution in [0, 0.1) is 5.92 Å². The highest BCUT2D eigenvalue weighted by Gasteiger charge is 2.26. The van der Waals surface area contributed by atoms with Gasteiger partial charge in [0.15, 0.2) is 0 Å². The molecule has 1 aliphatic rings. The quantitative estimate of drug-likeness (QED) is 0.786. The lowest BCUT2D eigenvalue weighted by molar-refractivity contribution is 0.715. The number of rotatable bonds is 8. The zero-order chi connectivity index (χ0) is 14.5. The third-order valence-corrected chi connectivity index (χ3v) is 3.84. The van der Waals surface area contributed by atoms with Crippen LogP contribution in [-0.4, -0.2) is 29.6 Å². The lowest BCUT2D eigenvalue weighted by Crippen LogP contribution is -2.28. The predicted octanol–water partition coefficient (Wildman–Crippen LogP) is 3.66. The van der Waals surface area contributed by atoms with E-state index in [2.05, 4.69) is 47.9 Å². The molecule has 1 aromatic rings. The van der Waals surface area contributed by atoms with E-state index in [-0.39, 0.29) is 0 Å². The van der Waals surface area contributed by atoms with Crippen LogP contribution in [0.4, 0.5) is 11.6 Å². The Hall–Kier alpha value is -1.32. The van der Waals surface area contributed by atoms with E-state index in [0.717, 1.165) is 43.6 Å². The molecule has 0 aliphatic heterocycles. The standard InChI is InChI=1S/C16H28N4/c1-5-9-17-15-14(12(3)4)16(19-11-18-15)20(6-2)10-13-7-8-13/h11-13H,5-10H2,1-4H3,(H,17,18,19). The first-order valence-corrected chi connectivity index (χ1v) is 8.01. The van der Waals surface area contributed by atoms with Gasteiger partial charge in [0.05, 0.1) is 0 Å². The number of hydrogen-bond acceptors (Lipinski definition) is 4. The highest BCUT2D eigenvalue weighted by atomic mass is 15.2. The van der Waals surface area contributed by atoms with Crippen molar-refractivity contribution < 1.29 is 0 Å². The van der Waals surface area contributed by atoms with Crippen LogP contribution in [0.1, 0.15) is 58.4 Å². The molecule has 112 valence electrons. The maximum absolute atomic E-state index is 4.60. The van der Waals surface area contributed by atoms with E-state index in [1.54, 1.807) is 6.33 Å². The van der Waals surface area contributed by atoms with Gasteiger partial charge in [0.2, 0.25) is 0 Å². The molecule has 20 heavy (non-hydrogen) atoms. The number of anilines is 2. The van der Waals surface area contributed by atoms with Crippen LogP contribution in [0.25, 0.3) is 0 Å². The molecule has 4 heteroatoms. The van der Waals surface area contributed by atoms with E-state index in [1.807, 2.05) is 0 Å². The average Bonchev–Trinajstić information content (AvgIpc) is 3.25. The molecular weight excluding hydrogens is 248 g/mol. The molecule has 0 bridgehead atoms. The third kappa shape index (κ3) is 3.62. The molecule has 0 amide bonds. The molecule has 0 unspecified atom stereocenters. The molecule has 1 aromatic heterocycles. The van der Waals surface area contributed by atoms with Gasteiger partial charge in [-0.1, -0.05) is 20.8 Å². The lowest BCUT2D eigenvalue weighted by Gasteiger charge is -2.27. The largest absolute Gasteiger partial charge is 0.370 e. The van der Waals surface area contributed by atoms with Crippen molar-refractivity contribution in [3.05, 3.63) is 11.9 Å². The fraction of sp³-hybridized carbons (Fsp3) is 0.750. The van der Waals surface area contributed by atoms with Gasteiger partial charge in [0.25, 0.3) is 0 Å². The second-order valence-corrected chi connectivity index (χ2v) is 6.02. The normalized spacial score (nSPS) is 14.7. The maximum atomic E-state index is 4.60. The Bertz CT molecular complexity index is 426. The molecule has 0 aromatic carbocycles. The van der Waals surface area contributed by atoms with Gasteiger partial charge in [-0.2, -0.15) is 0 Å². The number of aromatic nitrogens is 2. The molecule has 0 spiro atoms. The summed E-state index contributed by atoms with van der Waals surface area (Å²) in [4.78, 5) is 11.5. The molecule has 0 radical (unpaired) electrons. The van der Waals surface area contributed by atoms with Gasteiger partial charge < -0.3 is 10.2 Å². The van der Waals surface area contributed by atoms with Crippen molar-refractivity contribution in [1.29, 1.82) is 0 Å². The summed E-state index contributed by atoms with van der Waals surface area (Å²) in [6, 6.07) is 0. The van der Waals surface area contributed by atoms with E-state index in [4.69, 9.17) is 0 Å². The minimum absolute atomic E-state index is 0.429. The number of hydrogen-bond donors (Lipinski definition) is 1. The topological polar surface area (TPSA) is 41.1 Å². The van der Waals surface area contributed by atoms with Crippen LogP contribution in [0.3, 0.4) is 0 Å². The second-order valence-electron chi connectivity index (χ2n) is 6.02. The van der Waals surface area contributed by atoms with Gasteiger partial charge in [-0.3, -0.25) is 0 Å². The molecule has 0 saturated heterocycles. The fourth-order valence-electron chi connectivity index (χ4n) is 2.53. The van der Waals surface area contributed by atoms with Crippen molar-refractivity contribution in [1.82, 2.24) is 9.97 Å². The first-order chi connectivity index (χ1) is 9.67. The van der Waals surface area contributed by atoms with Crippen LogP contribution in [-0.2, 0) is 0 Å². The summed E-state index contributed by atoms with van der Waals surface area (Å²) in [5.74, 6) is 3.44. The van der Waals surface area contributed by atoms with Crippen molar-refractivity contribution >= 4 is 11.6 Å². The zero-order valence-electron chi connectivity index (χ0n) is 13.3. The molecule has 1 fully saturated rings. The SMILES string of the molecule is CCCNc1ncnc(N(CC)CC2CC2)c1C(C)C. The molecule has 1 N–H and O–H groups in total. The summed E-state index contributed by atoms with van der Waals surface area (Å²) in [5.41, 5.74) is 1.27. The van der Waals surface area contributed by atoms with E-state index in [1.165, 1.54) is 18.4 Å². The van der Waals surface area contributed by atoms with Crippen LogP contribution in [0.15, 0.2) is 6.33 Å². The van der Waals surface area contributed by atoms with Crippen molar-refractivity contribution in [2.75, 3.05) is 29.9 Å². The van der Waals surface area contributed by atoms with Crippen LogP contribution in [0.5, 0.6) is 0 Å². The van der Waals surface area contributed by atoms with Gasteiger partial charge in [0, 0.05) is 25.2 Å². The number of nitrogens with one attached hydrogen (secondary N) is 1. The molecule has 4 nitrogen and oxygen atoms in total. The van der Waals surface area contributed by atoms with E-state index in [0.29, 0.717) is 5.92 Å². The molecule has 2 rings (SSSR count). The zero-order valence-corrected chi connectivity index (χ0v) is 13.3. The van der Waals surface area contributed by atoms with E-state index in [9.17, 15) is 0 Å². The third-order valence-electron chi connectivity index (χ3n) is 3.84. The minimum Gasteiger partial charge on any atom is -0.370 e. The Kier molecular flexibility index (Phi) is 5.21. The fourth-order valence-corrected chi connectivity index (χ4v) is 2.53. The van der Waals surface area contributed by atoms with E-state index < -0.39 is 0 Å². The molecule has 1 aliphatic carbocycles. The maximum Gasteiger partial charge on any atom is 0.137 e. The van der Waals surface area contributed by atoms with Gasteiger partial charge >= 0.3 is 0 Å². The predicted molar refractivity (Wildman–Crippen MR) is 85.5 cm³/mol. The van der Waals surface area contributed by atoms with Crippen LogP contribution >= 0.6 is 0 Å². The summed E-state index contributed by atoms with van der Waals surface area (Å²) in [7, 11) is 0. The van der Waals surface area contributed by atoms with Gasteiger partial charge in [-0.15, -0.1) is 0 Å². The highest BCUT2D eigenvalue weighted by Crippen LogP contribution is 2.35. The highest BCUT2D eigenvalue weighted by molar-refractivity contribution is 5.60. The van der Waals surface area contributed by atoms with Gasteiger partial charge in [0.1, 0.15) is 18.0 Å². The summed E-state index contributed by atoms with van der Waals surface area (Å²) >= 11 is 0. The Morgan fingerprint density at radius 3 is 2.60 bits per heavy atom. The number of nitrogens with zero attached hydrogens (tertiary/aromatic N) is 3. The van der Waals surface area contributed by atoms with Crippen molar-refractivity contribution in [2.24, 2.45) is 5.92 Å².